The number of carboxylic acid groups (broad SMARTS) is 1. The lowest BCUT2D eigenvalue weighted by Gasteiger charge is -2.26. The molecule has 1 heterocycles. The zero-order valence-corrected chi connectivity index (χ0v) is 11.8. The molecule has 0 saturated heterocycles. The SMILES string of the molecule is CC(C)c1nc(NC(C)(C)CCC(=O)O)cc(=O)[nH]1. The van der Waals surface area contributed by atoms with Gasteiger partial charge in [-0.2, -0.15) is 0 Å². The average molecular weight is 267 g/mol. The normalized spacial score (nSPS) is 11.6. The van der Waals surface area contributed by atoms with Gasteiger partial charge in [-0.3, -0.25) is 9.59 Å². The standard InChI is InChI=1S/C13H21N3O3/c1-8(2)12-14-9(7-10(17)15-12)16-13(3,4)6-5-11(18)19/h7-8H,5-6H2,1-4H3,(H,18,19)(H2,14,15,16,17). The molecule has 3 N–H and O–H groups in total. The summed E-state index contributed by atoms with van der Waals surface area (Å²) in [5, 5.41) is 11.8. The Morgan fingerprint density at radius 3 is 2.68 bits per heavy atom. The Morgan fingerprint density at radius 2 is 2.16 bits per heavy atom. The number of anilines is 1. The third-order valence-electron chi connectivity index (χ3n) is 2.74. The first-order chi connectivity index (χ1) is 8.69. The summed E-state index contributed by atoms with van der Waals surface area (Å²) >= 11 is 0. The van der Waals surface area contributed by atoms with Crippen molar-refractivity contribution < 1.29 is 9.90 Å². The molecule has 0 radical (unpaired) electrons. The van der Waals surface area contributed by atoms with Gasteiger partial charge in [0.05, 0.1) is 0 Å². The number of aliphatic carboxylic acids is 1. The van der Waals surface area contributed by atoms with Gasteiger partial charge in [-0.25, -0.2) is 4.98 Å². The highest BCUT2D eigenvalue weighted by atomic mass is 16.4. The van der Waals surface area contributed by atoms with Crippen molar-refractivity contribution in [2.75, 3.05) is 5.32 Å². The fraction of sp³-hybridized carbons (Fsp3) is 0.615. The Bertz CT molecular complexity index is 506. The Labute approximate surface area is 112 Å². The number of hydrogen-bond acceptors (Lipinski definition) is 4. The molecule has 0 aliphatic rings. The van der Waals surface area contributed by atoms with Crippen LogP contribution >= 0.6 is 0 Å². The van der Waals surface area contributed by atoms with Gasteiger partial charge in [-0.15, -0.1) is 0 Å². The molecule has 0 bridgehead atoms. The monoisotopic (exact) mass is 267 g/mol. The van der Waals surface area contributed by atoms with Crippen LogP contribution in [-0.2, 0) is 4.79 Å². The summed E-state index contributed by atoms with van der Waals surface area (Å²) in [7, 11) is 0. The molecule has 0 aromatic carbocycles. The fourth-order valence-corrected chi connectivity index (χ4v) is 1.64. The molecule has 1 aromatic rings. The maximum Gasteiger partial charge on any atom is 0.303 e. The fourth-order valence-electron chi connectivity index (χ4n) is 1.64. The van der Waals surface area contributed by atoms with E-state index in [1.807, 2.05) is 27.7 Å². The second-order valence-electron chi connectivity index (χ2n) is 5.57. The zero-order valence-electron chi connectivity index (χ0n) is 11.8. The summed E-state index contributed by atoms with van der Waals surface area (Å²) in [6.07, 6.45) is 0.522. The highest BCUT2D eigenvalue weighted by molar-refractivity contribution is 5.66. The minimum atomic E-state index is -0.836. The second kappa shape index (κ2) is 5.86. The van der Waals surface area contributed by atoms with E-state index in [-0.39, 0.29) is 17.9 Å². The highest BCUT2D eigenvalue weighted by Crippen LogP contribution is 2.18. The largest absolute Gasteiger partial charge is 0.481 e. The lowest BCUT2D eigenvalue weighted by atomic mass is 9.98. The highest BCUT2D eigenvalue weighted by Gasteiger charge is 2.20. The van der Waals surface area contributed by atoms with E-state index in [0.717, 1.165) is 0 Å². The van der Waals surface area contributed by atoms with Crippen LogP contribution in [0.25, 0.3) is 0 Å². The molecule has 19 heavy (non-hydrogen) atoms. The van der Waals surface area contributed by atoms with Crippen molar-refractivity contribution in [1.82, 2.24) is 9.97 Å². The minimum absolute atomic E-state index is 0.0697. The minimum Gasteiger partial charge on any atom is -0.481 e. The van der Waals surface area contributed by atoms with Gasteiger partial charge in [0.2, 0.25) is 0 Å². The van der Waals surface area contributed by atoms with Crippen LogP contribution in [0.5, 0.6) is 0 Å². The van der Waals surface area contributed by atoms with E-state index in [1.54, 1.807) is 0 Å². The molecule has 0 saturated carbocycles. The molecule has 0 aliphatic carbocycles. The van der Waals surface area contributed by atoms with Crippen LogP contribution in [0.15, 0.2) is 10.9 Å². The molecule has 6 heteroatoms. The van der Waals surface area contributed by atoms with Gasteiger partial charge in [0.25, 0.3) is 5.56 Å². The van der Waals surface area contributed by atoms with Gasteiger partial charge in [-0.05, 0) is 20.3 Å². The van der Waals surface area contributed by atoms with E-state index in [9.17, 15) is 9.59 Å². The third kappa shape index (κ3) is 5.11. The number of H-pyrrole nitrogens is 1. The molecule has 0 fully saturated rings. The maximum absolute atomic E-state index is 11.5. The molecule has 0 atom stereocenters. The van der Waals surface area contributed by atoms with Crippen molar-refractivity contribution in [1.29, 1.82) is 0 Å². The molecular weight excluding hydrogens is 246 g/mol. The van der Waals surface area contributed by atoms with Crippen molar-refractivity contribution in [2.45, 2.75) is 52.0 Å². The van der Waals surface area contributed by atoms with E-state index < -0.39 is 11.5 Å². The van der Waals surface area contributed by atoms with Gasteiger partial charge in [0.1, 0.15) is 11.6 Å². The topological polar surface area (TPSA) is 95.1 Å². The number of rotatable bonds is 6. The summed E-state index contributed by atoms with van der Waals surface area (Å²) in [5.41, 5.74) is -0.650. The van der Waals surface area contributed by atoms with Crippen LogP contribution in [0.1, 0.15) is 52.3 Å². The lowest BCUT2D eigenvalue weighted by Crippen LogP contribution is -2.33. The van der Waals surface area contributed by atoms with Gasteiger partial charge >= 0.3 is 5.97 Å². The van der Waals surface area contributed by atoms with Crippen molar-refractivity contribution in [3.8, 4) is 0 Å². The Morgan fingerprint density at radius 1 is 1.53 bits per heavy atom. The number of aromatic nitrogens is 2. The molecule has 0 aliphatic heterocycles. The summed E-state index contributed by atoms with van der Waals surface area (Å²) in [6.45, 7) is 7.65. The molecule has 106 valence electrons. The average Bonchev–Trinajstić information content (AvgIpc) is 2.25. The van der Waals surface area contributed by atoms with Crippen LogP contribution in [0.4, 0.5) is 5.82 Å². The van der Waals surface area contributed by atoms with Crippen LogP contribution in [-0.4, -0.2) is 26.6 Å². The predicted octanol–water partition coefficient (Wildman–Crippen LogP) is 1.95. The van der Waals surface area contributed by atoms with Crippen molar-refractivity contribution >= 4 is 11.8 Å². The van der Waals surface area contributed by atoms with Crippen LogP contribution in [0.3, 0.4) is 0 Å². The van der Waals surface area contributed by atoms with Gasteiger partial charge in [0, 0.05) is 23.9 Å². The van der Waals surface area contributed by atoms with Crippen LogP contribution in [0, 0.1) is 0 Å². The lowest BCUT2D eigenvalue weighted by molar-refractivity contribution is -0.137. The first-order valence-electron chi connectivity index (χ1n) is 6.31. The molecular formula is C13H21N3O3. The van der Waals surface area contributed by atoms with E-state index in [1.165, 1.54) is 6.07 Å². The van der Waals surface area contributed by atoms with E-state index in [4.69, 9.17) is 5.11 Å². The van der Waals surface area contributed by atoms with E-state index in [0.29, 0.717) is 18.1 Å². The number of carboxylic acids is 1. The molecule has 0 unspecified atom stereocenters. The van der Waals surface area contributed by atoms with Crippen molar-refractivity contribution in [3.05, 3.63) is 22.2 Å². The summed E-state index contributed by atoms with van der Waals surface area (Å²) in [5.74, 6) is 0.375. The van der Waals surface area contributed by atoms with Crippen LogP contribution < -0.4 is 10.9 Å². The Hall–Kier alpha value is -1.85. The predicted molar refractivity (Wildman–Crippen MR) is 73.5 cm³/mol. The van der Waals surface area contributed by atoms with Gasteiger partial charge < -0.3 is 15.4 Å². The number of nitrogens with zero attached hydrogens (tertiary/aromatic N) is 1. The van der Waals surface area contributed by atoms with Crippen LogP contribution in [0.2, 0.25) is 0 Å². The summed E-state index contributed by atoms with van der Waals surface area (Å²) in [6, 6.07) is 1.38. The Balaban J connectivity index is 2.86. The second-order valence-corrected chi connectivity index (χ2v) is 5.57. The Kier molecular flexibility index (Phi) is 4.69. The van der Waals surface area contributed by atoms with Crippen molar-refractivity contribution in [2.24, 2.45) is 0 Å². The maximum atomic E-state index is 11.5. The van der Waals surface area contributed by atoms with E-state index in [2.05, 4.69) is 15.3 Å². The molecule has 0 spiro atoms. The number of aromatic amines is 1. The quantitative estimate of drug-likeness (QED) is 0.732. The third-order valence-corrected chi connectivity index (χ3v) is 2.74. The number of hydrogen-bond donors (Lipinski definition) is 3. The molecule has 1 rings (SSSR count). The van der Waals surface area contributed by atoms with Gasteiger partial charge in [-0.1, -0.05) is 13.8 Å². The zero-order chi connectivity index (χ0) is 14.6. The molecule has 1 aromatic heterocycles. The summed E-state index contributed by atoms with van der Waals surface area (Å²) in [4.78, 5) is 29.1. The molecule has 0 amide bonds. The smallest absolute Gasteiger partial charge is 0.303 e. The van der Waals surface area contributed by atoms with Gasteiger partial charge in [0.15, 0.2) is 0 Å². The number of nitrogens with one attached hydrogen (secondary N) is 2. The molecule has 6 nitrogen and oxygen atoms in total. The number of carbonyl (C=O) groups is 1. The van der Waals surface area contributed by atoms with Crippen molar-refractivity contribution in [3.63, 3.8) is 0 Å². The first kappa shape index (κ1) is 15.2. The summed E-state index contributed by atoms with van der Waals surface area (Å²) < 4.78 is 0. The van der Waals surface area contributed by atoms with E-state index >= 15 is 0 Å². The first-order valence-corrected chi connectivity index (χ1v) is 6.31.